The van der Waals surface area contributed by atoms with Crippen molar-refractivity contribution in [1.29, 1.82) is 0 Å². The van der Waals surface area contributed by atoms with E-state index in [0.29, 0.717) is 6.54 Å². The molecule has 0 fully saturated rings. The maximum absolute atomic E-state index is 5.92. The van der Waals surface area contributed by atoms with Crippen molar-refractivity contribution in [3.63, 3.8) is 0 Å². The lowest BCUT2D eigenvalue weighted by atomic mass is 10.0. The fourth-order valence-corrected chi connectivity index (χ4v) is 2.23. The van der Waals surface area contributed by atoms with Gasteiger partial charge in [0.1, 0.15) is 11.5 Å². The van der Waals surface area contributed by atoms with Crippen LogP contribution in [-0.4, -0.2) is 38.8 Å². The molecule has 0 bridgehead atoms. The Hall–Kier alpha value is -1.26. The molecule has 102 valence electrons. The summed E-state index contributed by atoms with van der Waals surface area (Å²) in [6.45, 7) is 6.79. The Bertz CT molecular complexity index is 365. The second kappa shape index (κ2) is 7.24. The maximum Gasteiger partial charge on any atom is 0.127 e. The minimum atomic E-state index is 0.181. The summed E-state index contributed by atoms with van der Waals surface area (Å²) in [5.74, 6) is 1.63. The van der Waals surface area contributed by atoms with Crippen molar-refractivity contribution in [2.24, 2.45) is 5.73 Å². The van der Waals surface area contributed by atoms with Crippen molar-refractivity contribution in [2.45, 2.75) is 19.9 Å². The first kappa shape index (κ1) is 14.8. The number of rotatable bonds is 7. The van der Waals surface area contributed by atoms with E-state index in [4.69, 9.17) is 15.2 Å². The number of methoxy groups -OCH3 is 2. The molecule has 1 aromatic carbocycles. The van der Waals surface area contributed by atoms with Gasteiger partial charge >= 0.3 is 0 Å². The van der Waals surface area contributed by atoms with E-state index >= 15 is 0 Å². The van der Waals surface area contributed by atoms with Gasteiger partial charge in [-0.3, -0.25) is 4.90 Å². The van der Waals surface area contributed by atoms with Crippen LogP contribution in [0.15, 0.2) is 18.2 Å². The first-order valence-corrected chi connectivity index (χ1v) is 6.37. The number of ether oxygens (including phenoxy) is 2. The molecular weight excluding hydrogens is 228 g/mol. The summed E-state index contributed by atoms with van der Waals surface area (Å²) < 4.78 is 10.7. The molecule has 0 aliphatic heterocycles. The summed E-state index contributed by atoms with van der Waals surface area (Å²) in [4.78, 5) is 2.32. The summed E-state index contributed by atoms with van der Waals surface area (Å²) >= 11 is 0. The molecule has 0 saturated heterocycles. The Labute approximate surface area is 110 Å². The second-order valence-corrected chi connectivity index (χ2v) is 4.08. The molecule has 0 amide bonds. The Morgan fingerprint density at radius 1 is 1.17 bits per heavy atom. The van der Waals surface area contributed by atoms with Crippen LogP contribution in [-0.2, 0) is 0 Å². The summed E-state index contributed by atoms with van der Waals surface area (Å²) in [6, 6.07) is 6.07. The van der Waals surface area contributed by atoms with Crippen LogP contribution in [0.3, 0.4) is 0 Å². The third-order valence-corrected chi connectivity index (χ3v) is 3.28. The molecule has 0 aliphatic carbocycles. The molecule has 0 unspecified atom stereocenters. The molecule has 1 rings (SSSR count). The molecule has 18 heavy (non-hydrogen) atoms. The predicted octanol–water partition coefficient (Wildman–Crippen LogP) is 2.05. The van der Waals surface area contributed by atoms with E-state index in [2.05, 4.69) is 18.7 Å². The topological polar surface area (TPSA) is 47.7 Å². The van der Waals surface area contributed by atoms with Crippen molar-refractivity contribution in [3.05, 3.63) is 23.8 Å². The lowest BCUT2D eigenvalue weighted by Crippen LogP contribution is -2.33. The highest BCUT2D eigenvalue weighted by Crippen LogP contribution is 2.31. The fraction of sp³-hybridized carbons (Fsp3) is 0.571. The molecule has 2 N–H and O–H groups in total. The first-order chi connectivity index (χ1) is 8.71. The van der Waals surface area contributed by atoms with Gasteiger partial charge in [0.15, 0.2) is 0 Å². The third kappa shape index (κ3) is 3.15. The van der Waals surface area contributed by atoms with Crippen LogP contribution in [0.2, 0.25) is 0 Å². The van der Waals surface area contributed by atoms with Crippen molar-refractivity contribution >= 4 is 0 Å². The van der Waals surface area contributed by atoms with Crippen molar-refractivity contribution in [2.75, 3.05) is 33.9 Å². The van der Waals surface area contributed by atoms with Gasteiger partial charge in [-0.05, 0) is 19.2 Å². The molecule has 0 aromatic heterocycles. The normalized spacial score (nSPS) is 12.6. The van der Waals surface area contributed by atoms with Gasteiger partial charge in [0.05, 0.1) is 20.3 Å². The quantitative estimate of drug-likeness (QED) is 0.807. The van der Waals surface area contributed by atoms with E-state index in [0.717, 1.165) is 30.2 Å². The van der Waals surface area contributed by atoms with Gasteiger partial charge in [0.25, 0.3) is 0 Å². The molecule has 0 heterocycles. The average Bonchev–Trinajstić information content (AvgIpc) is 2.44. The van der Waals surface area contributed by atoms with E-state index in [1.54, 1.807) is 14.2 Å². The molecule has 0 radical (unpaired) electrons. The van der Waals surface area contributed by atoms with Gasteiger partial charge in [-0.1, -0.05) is 19.9 Å². The number of hydrogen-bond donors (Lipinski definition) is 1. The molecule has 0 aliphatic rings. The fourth-order valence-electron chi connectivity index (χ4n) is 2.23. The number of hydrogen-bond acceptors (Lipinski definition) is 4. The first-order valence-electron chi connectivity index (χ1n) is 6.37. The molecule has 0 saturated carbocycles. The molecule has 1 aromatic rings. The molecular formula is C14H24N2O2. The zero-order valence-electron chi connectivity index (χ0n) is 11.8. The Morgan fingerprint density at radius 3 is 2.28 bits per heavy atom. The minimum Gasteiger partial charge on any atom is -0.497 e. The zero-order chi connectivity index (χ0) is 13.5. The Kier molecular flexibility index (Phi) is 5.95. The minimum absolute atomic E-state index is 0.181. The van der Waals surface area contributed by atoms with E-state index in [1.807, 2.05) is 18.2 Å². The van der Waals surface area contributed by atoms with Crippen LogP contribution in [0, 0.1) is 0 Å². The molecule has 0 spiro atoms. The summed E-state index contributed by atoms with van der Waals surface area (Å²) in [5, 5.41) is 0. The van der Waals surface area contributed by atoms with E-state index < -0.39 is 0 Å². The summed E-state index contributed by atoms with van der Waals surface area (Å²) in [7, 11) is 3.33. The standard InChI is InChI=1S/C14H24N2O2/c1-5-16(6-2)13(10-15)12-8-7-11(17-3)9-14(12)18-4/h7-9,13H,5-6,10,15H2,1-4H3/t13-/m1/s1. The maximum atomic E-state index is 5.92. The molecule has 1 atom stereocenters. The highest BCUT2D eigenvalue weighted by molar-refractivity contribution is 5.42. The Morgan fingerprint density at radius 2 is 1.83 bits per heavy atom. The van der Waals surface area contributed by atoms with Crippen molar-refractivity contribution in [3.8, 4) is 11.5 Å². The number of likely N-dealkylation sites (N-methyl/N-ethyl adjacent to an activating group) is 1. The van der Waals surface area contributed by atoms with Crippen LogP contribution in [0.1, 0.15) is 25.5 Å². The summed E-state index contributed by atoms with van der Waals surface area (Å²) in [6.07, 6.45) is 0. The third-order valence-electron chi connectivity index (χ3n) is 3.28. The van der Waals surface area contributed by atoms with Gasteiger partial charge in [0.2, 0.25) is 0 Å². The number of nitrogens with two attached hydrogens (primary N) is 1. The molecule has 4 nitrogen and oxygen atoms in total. The van der Waals surface area contributed by atoms with Crippen LogP contribution in [0.4, 0.5) is 0 Å². The number of nitrogens with zero attached hydrogens (tertiary/aromatic N) is 1. The monoisotopic (exact) mass is 252 g/mol. The van der Waals surface area contributed by atoms with Crippen LogP contribution >= 0.6 is 0 Å². The average molecular weight is 252 g/mol. The number of benzene rings is 1. The van der Waals surface area contributed by atoms with Crippen LogP contribution in [0.25, 0.3) is 0 Å². The van der Waals surface area contributed by atoms with E-state index in [-0.39, 0.29) is 6.04 Å². The van der Waals surface area contributed by atoms with E-state index in [9.17, 15) is 0 Å². The lowest BCUT2D eigenvalue weighted by Gasteiger charge is -2.30. The highest BCUT2D eigenvalue weighted by Gasteiger charge is 2.20. The van der Waals surface area contributed by atoms with Crippen molar-refractivity contribution < 1.29 is 9.47 Å². The van der Waals surface area contributed by atoms with Crippen LogP contribution in [0.5, 0.6) is 11.5 Å². The van der Waals surface area contributed by atoms with Gasteiger partial charge in [-0.15, -0.1) is 0 Å². The lowest BCUT2D eigenvalue weighted by molar-refractivity contribution is 0.219. The van der Waals surface area contributed by atoms with Crippen LogP contribution < -0.4 is 15.2 Å². The second-order valence-electron chi connectivity index (χ2n) is 4.08. The zero-order valence-corrected chi connectivity index (χ0v) is 11.8. The van der Waals surface area contributed by atoms with Gasteiger partial charge in [-0.25, -0.2) is 0 Å². The Balaban J connectivity index is 3.11. The van der Waals surface area contributed by atoms with Gasteiger partial charge < -0.3 is 15.2 Å². The molecule has 4 heteroatoms. The smallest absolute Gasteiger partial charge is 0.127 e. The highest BCUT2D eigenvalue weighted by atomic mass is 16.5. The largest absolute Gasteiger partial charge is 0.497 e. The summed E-state index contributed by atoms with van der Waals surface area (Å²) in [5.41, 5.74) is 7.04. The van der Waals surface area contributed by atoms with Gasteiger partial charge in [-0.2, -0.15) is 0 Å². The SMILES string of the molecule is CCN(CC)[C@H](CN)c1ccc(OC)cc1OC. The predicted molar refractivity (Wildman–Crippen MR) is 74.3 cm³/mol. The van der Waals surface area contributed by atoms with E-state index in [1.165, 1.54) is 0 Å². The van der Waals surface area contributed by atoms with Crippen molar-refractivity contribution in [1.82, 2.24) is 4.90 Å². The van der Waals surface area contributed by atoms with Gasteiger partial charge in [0, 0.05) is 18.2 Å².